The Bertz CT molecular complexity index is 1730. The molecule has 0 radical (unpaired) electrons. The molecule has 0 aliphatic carbocycles. The van der Waals surface area contributed by atoms with Gasteiger partial charge in [0.1, 0.15) is 22.0 Å². The third-order valence-corrected chi connectivity index (χ3v) is 7.22. The van der Waals surface area contributed by atoms with Crippen LogP contribution in [0.3, 0.4) is 0 Å². The van der Waals surface area contributed by atoms with Gasteiger partial charge in [0, 0.05) is 0 Å². The molecule has 0 aliphatic rings. The highest BCUT2D eigenvalue weighted by atomic mass is 32.2. The Morgan fingerprint density at radius 3 is 2.31 bits per heavy atom. The first kappa shape index (κ1) is 22.2. The molecule has 11 heteroatoms. The van der Waals surface area contributed by atoms with Crippen LogP contribution < -0.4 is 10.5 Å². The Labute approximate surface area is 199 Å². The van der Waals surface area contributed by atoms with Gasteiger partial charge in [-0.05, 0) is 60.2 Å². The van der Waals surface area contributed by atoms with Crippen molar-refractivity contribution in [2.24, 2.45) is 5.10 Å². The quantitative estimate of drug-likeness (QED) is 0.251. The Hall–Kier alpha value is -4.64. The first-order chi connectivity index (χ1) is 16.8. The number of para-hydroxylation sites is 2. The summed E-state index contributed by atoms with van der Waals surface area (Å²) >= 11 is 0. The van der Waals surface area contributed by atoms with Crippen molar-refractivity contribution >= 4 is 44.1 Å². The second kappa shape index (κ2) is 8.29. The van der Waals surface area contributed by atoms with Crippen LogP contribution in [0.2, 0.25) is 0 Å². The number of rotatable bonds is 5. The van der Waals surface area contributed by atoms with Crippen LogP contribution >= 0.6 is 0 Å². The van der Waals surface area contributed by atoms with Gasteiger partial charge in [-0.2, -0.15) is 9.78 Å². The summed E-state index contributed by atoms with van der Waals surface area (Å²) in [6.07, 6.45) is 1.36. The standard InChI is InChI=1S/C24H19N5O5S/c1-34-15-7-9-16(10-8-15)35(32,33)22-21-24(28-18-5-3-2-4-17(18)27-21)29(23(22)25)26-13-14-6-11-19(30)20(31)12-14/h2-13,30-31H,25H2,1H3. The highest BCUT2D eigenvalue weighted by Gasteiger charge is 2.30. The second-order valence-corrected chi connectivity index (χ2v) is 9.47. The minimum Gasteiger partial charge on any atom is -0.504 e. The van der Waals surface area contributed by atoms with Crippen LogP contribution in [0.1, 0.15) is 5.56 Å². The van der Waals surface area contributed by atoms with Gasteiger partial charge in [0.15, 0.2) is 17.1 Å². The Kier molecular flexibility index (Phi) is 5.25. The monoisotopic (exact) mass is 489 g/mol. The lowest BCUT2D eigenvalue weighted by atomic mass is 10.2. The predicted octanol–water partition coefficient (Wildman–Crippen LogP) is 3.30. The van der Waals surface area contributed by atoms with Crippen molar-refractivity contribution in [3.63, 3.8) is 0 Å². The number of phenols is 2. The first-order valence-electron chi connectivity index (χ1n) is 10.3. The zero-order valence-electron chi connectivity index (χ0n) is 18.3. The van der Waals surface area contributed by atoms with E-state index in [1.165, 1.54) is 48.3 Å². The number of hydrogen-bond donors (Lipinski definition) is 3. The summed E-state index contributed by atoms with van der Waals surface area (Å²) in [5, 5.41) is 23.6. The van der Waals surface area contributed by atoms with Crippen LogP contribution in [0.5, 0.6) is 17.2 Å². The number of aromatic hydroxyl groups is 2. The summed E-state index contributed by atoms with van der Waals surface area (Å²) in [5.41, 5.74) is 8.04. The molecule has 0 atom stereocenters. The predicted molar refractivity (Wildman–Crippen MR) is 131 cm³/mol. The molecular formula is C24H19N5O5S. The molecule has 10 nitrogen and oxygen atoms in total. The zero-order chi connectivity index (χ0) is 24.7. The number of ether oxygens (including phenoxy) is 1. The maximum absolute atomic E-state index is 13.7. The third kappa shape index (κ3) is 3.77. The van der Waals surface area contributed by atoms with E-state index in [-0.39, 0.29) is 38.3 Å². The van der Waals surface area contributed by atoms with E-state index in [0.717, 1.165) is 0 Å². The average Bonchev–Trinajstić information content (AvgIpc) is 3.13. The molecule has 5 aromatic rings. The molecule has 2 aromatic heterocycles. The van der Waals surface area contributed by atoms with E-state index < -0.39 is 9.84 Å². The summed E-state index contributed by atoms with van der Waals surface area (Å²) < 4.78 is 33.6. The molecule has 176 valence electrons. The van der Waals surface area contributed by atoms with Crippen LogP contribution in [0.15, 0.2) is 81.6 Å². The van der Waals surface area contributed by atoms with E-state index in [0.29, 0.717) is 22.3 Å². The van der Waals surface area contributed by atoms with Crippen LogP contribution in [-0.4, -0.2) is 46.6 Å². The fraction of sp³-hybridized carbons (Fsp3) is 0.0417. The molecule has 0 bridgehead atoms. The van der Waals surface area contributed by atoms with Crippen molar-refractivity contribution in [2.75, 3.05) is 12.8 Å². The number of methoxy groups -OCH3 is 1. The van der Waals surface area contributed by atoms with E-state index in [4.69, 9.17) is 10.5 Å². The van der Waals surface area contributed by atoms with Crippen molar-refractivity contribution in [3.05, 3.63) is 72.3 Å². The number of nitrogens with zero attached hydrogens (tertiary/aromatic N) is 4. The van der Waals surface area contributed by atoms with Gasteiger partial charge in [0.2, 0.25) is 9.84 Å². The SMILES string of the molecule is COc1ccc(S(=O)(=O)c2c(N)n(N=Cc3ccc(O)c(O)c3)c3nc4ccccc4nc23)cc1. The molecule has 0 fully saturated rings. The number of benzene rings is 3. The molecule has 0 unspecified atom stereocenters. The summed E-state index contributed by atoms with van der Waals surface area (Å²) in [6.45, 7) is 0. The molecule has 0 aliphatic heterocycles. The van der Waals surface area contributed by atoms with Gasteiger partial charge >= 0.3 is 0 Å². The van der Waals surface area contributed by atoms with Gasteiger partial charge in [0.05, 0.1) is 29.3 Å². The summed E-state index contributed by atoms with van der Waals surface area (Å²) in [5.74, 6) is -0.275. The van der Waals surface area contributed by atoms with E-state index in [2.05, 4.69) is 15.1 Å². The topological polar surface area (TPSA) is 153 Å². The highest BCUT2D eigenvalue weighted by molar-refractivity contribution is 7.92. The molecule has 0 amide bonds. The summed E-state index contributed by atoms with van der Waals surface area (Å²) in [7, 11) is -2.63. The number of hydrogen-bond acceptors (Lipinski definition) is 9. The minimum absolute atomic E-state index is 0.00597. The Morgan fingerprint density at radius 2 is 1.66 bits per heavy atom. The number of aromatic nitrogens is 3. The smallest absolute Gasteiger partial charge is 0.212 e. The van der Waals surface area contributed by atoms with Gasteiger partial charge < -0.3 is 20.7 Å². The molecular weight excluding hydrogens is 470 g/mol. The molecule has 4 N–H and O–H groups in total. The van der Waals surface area contributed by atoms with Crippen LogP contribution in [0.25, 0.3) is 22.2 Å². The number of phenolic OH excluding ortho intramolecular Hbond substituents is 2. The van der Waals surface area contributed by atoms with Crippen molar-refractivity contribution in [1.29, 1.82) is 0 Å². The van der Waals surface area contributed by atoms with E-state index in [1.54, 1.807) is 36.4 Å². The third-order valence-electron chi connectivity index (χ3n) is 5.39. The van der Waals surface area contributed by atoms with Crippen molar-refractivity contribution < 1.29 is 23.4 Å². The fourth-order valence-corrected chi connectivity index (χ4v) is 5.11. The normalized spacial score (nSPS) is 12.0. The molecule has 35 heavy (non-hydrogen) atoms. The van der Waals surface area contributed by atoms with Crippen LogP contribution in [0.4, 0.5) is 5.82 Å². The number of anilines is 1. The van der Waals surface area contributed by atoms with Gasteiger partial charge in [-0.25, -0.2) is 18.4 Å². The first-order valence-corrected chi connectivity index (χ1v) is 11.8. The molecule has 2 heterocycles. The zero-order valence-corrected chi connectivity index (χ0v) is 19.1. The fourth-order valence-electron chi connectivity index (χ4n) is 3.62. The average molecular weight is 490 g/mol. The van der Waals surface area contributed by atoms with Crippen LogP contribution in [0, 0.1) is 0 Å². The molecule has 3 aromatic carbocycles. The Morgan fingerprint density at radius 1 is 0.971 bits per heavy atom. The van der Waals surface area contributed by atoms with E-state index in [9.17, 15) is 18.6 Å². The van der Waals surface area contributed by atoms with Crippen molar-refractivity contribution in [1.82, 2.24) is 14.6 Å². The van der Waals surface area contributed by atoms with Crippen molar-refractivity contribution in [2.45, 2.75) is 9.79 Å². The number of fused-ring (bicyclic) bond motifs is 2. The number of nitrogen functional groups attached to an aromatic ring is 1. The van der Waals surface area contributed by atoms with Crippen molar-refractivity contribution in [3.8, 4) is 17.2 Å². The lowest BCUT2D eigenvalue weighted by Crippen LogP contribution is -2.06. The van der Waals surface area contributed by atoms with Gasteiger partial charge in [-0.15, -0.1) is 0 Å². The number of nitrogens with two attached hydrogens (primary N) is 1. The lowest BCUT2D eigenvalue weighted by Gasteiger charge is -2.06. The van der Waals surface area contributed by atoms with Gasteiger partial charge in [0.25, 0.3) is 0 Å². The summed E-state index contributed by atoms with van der Waals surface area (Å²) in [4.78, 5) is 8.91. The molecule has 0 saturated carbocycles. The van der Waals surface area contributed by atoms with Gasteiger partial charge in [-0.3, -0.25) is 0 Å². The lowest BCUT2D eigenvalue weighted by molar-refractivity contribution is 0.403. The maximum atomic E-state index is 13.7. The number of sulfone groups is 1. The summed E-state index contributed by atoms with van der Waals surface area (Å²) in [6, 6.07) is 17.1. The minimum atomic E-state index is -4.12. The Balaban J connectivity index is 1.76. The molecule has 5 rings (SSSR count). The molecule has 0 spiro atoms. The highest BCUT2D eigenvalue weighted by Crippen LogP contribution is 2.35. The van der Waals surface area contributed by atoms with Gasteiger partial charge in [-0.1, -0.05) is 12.1 Å². The second-order valence-electron chi connectivity index (χ2n) is 7.58. The van der Waals surface area contributed by atoms with Crippen LogP contribution in [-0.2, 0) is 9.84 Å². The van der Waals surface area contributed by atoms with E-state index >= 15 is 0 Å². The molecule has 0 saturated heterocycles. The maximum Gasteiger partial charge on any atom is 0.212 e. The largest absolute Gasteiger partial charge is 0.504 e. The van der Waals surface area contributed by atoms with E-state index in [1.807, 2.05) is 0 Å².